The lowest BCUT2D eigenvalue weighted by Gasteiger charge is -2.35. The molecule has 0 bridgehead atoms. The van der Waals surface area contributed by atoms with E-state index in [0.717, 1.165) is 17.0 Å². The molecule has 1 aromatic carbocycles. The van der Waals surface area contributed by atoms with Gasteiger partial charge in [-0.15, -0.1) is 0 Å². The second-order valence-corrected chi connectivity index (χ2v) is 5.73. The number of nitrogens with one attached hydrogen (secondary N) is 2. The lowest BCUT2D eigenvalue weighted by molar-refractivity contribution is -0.145. The molecule has 23 heavy (non-hydrogen) atoms. The van der Waals surface area contributed by atoms with Gasteiger partial charge in [0.05, 0.1) is 31.4 Å². The number of thiocarbonyl (C=S) groups is 1. The van der Waals surface area contributed by atoms with Crippen molar-refractivity contribution in [2.45, 2.75) is 25.6 Å². The smallest absolute Gasteiger partial charge is 0.328 e. The highest BCUT2D eigenvalue weighted by Gasteiger charge is 2.35. The molecule has 0 saturated heterocycles. The molecule has 0 aliphatic carbocycles. The van der Waals surface area contributed by atoms with E-state index in [1.165, 1.54) is 7.11 Å². The minimum Gasteiger partial charge on any atom is -0.467 e. The van der Waals surface area contributed by atoms with Crippen molar-refractivity contribution < 1.29 is 9.53 Å². The van der Waals surface area contributed by atoms with Crippen LogP contribution in [-0.2, 0) is 29.0 Å². The van der Waals surface area contributed by atoms with Gasteiger partial charge in [0.25, 0.3) is 0 Å². The highest BCUT2D eigenvalue weighted by atomic mass is 32.1. The minimum atomic E-state index is -0.452. The minimum absolute atomic E-state index is 0.303. The number of nitrogens with zero attached hydrogens (tertiary/aromatic N) is 2. The SMILES string of the molecule is COC(=O)C1Cc2nc[nH]c2CN1C(=S)NCc1ccccc1. The Morgan fingerprint density at radius 1 is 1.48 bits per heavy atom. The number of methoxy groups -OCH3 is 1. The molecule has 1 aliphatic heterocycles. The molecule has 120 valence electrons. The number of fused-ring (bicyclic) bond motifs is 1. The van der Waals surface area contributed by atoms with E-state index in [0.29, 0.717) is 24.6 Å². The second-order valence-electron chi connectivity index (χ2n) is 5.34. The lowest BCUT2D eigenvalue weighted by atomic mass is 10.0. The van der Waals surface area contributed by atoms with Gasteiger partial charge in [-0.3, -0.25) is 0 Å². The summed E-state index contributed by atoms with van der Waals surface area (Å²) in [7, 11) is 1.39. The number of ether oxygens (including phenoxy) is 1. The highest BCUT2D eigenvalue weighted by molar-refractivity contribution is 7.80. The zero-order valence-electron chi connectivity index (χ0n) is 12.8. The van der Waals surface area contributed by atoms with Crippen molar-refractivity contribution in [3.63, 3.8) is 0 Å². The van der Waals surface area contributed by atoms with Crippen LogP contribution in [0.1, 0.15) is 17.0 Å². The van der Waals surface area contributed by atoms with Crippen molar-refractivity contribution in [2.75, 3.05) is 7.11 Å². The van der Waals surface area contributed by atoms with Gasteiger partial charge in [0.1, 0.15) is 6.04 Å². The van der Waals surface area contributed by atoms with Gasteiger partial charge in [0, 0.05) is 13.0 Å². The van der Waals surface area contributed by atoms with E-state index >= 15 is 0 Å². The normalized spacial score (nSPS) is 16.6. The fourth-order valence-electron chi connectivity index (χ4n) is 2.67. The number of benzene rings is 1. The average Bonchev–Trinajstić information content (AvgIpc) is 3.06. The standard InChI is InChI=1S/C16H18N4O2S/c1-22-15(21)14-7-12-13(19-10-18-12)9-20(14)16(23)17-8-11-5-3-2-4-6-11/h2-6,10,14H,7-9H2,1H3,(H,17,23)(H,18,19). The average molecular weight is 330 g/mol. The molecule has 1 atom stereocenters. The third-order valence-electron chi connectivity index (χ3n) is 3.92. The topological polar surface area (TPSA) is 70.2 Å². The van der Waals surface area contributed by atoms with E-state index < -0.39 is 6.04 Å². The van der Waals surface area contributed by atoms with Crippen LogP contribution < -0.4 is 5.32 Å². The summed E-state index contributed by atoms with van der Waals surface area (Å²) in [6, 6.07) is 9.53. The zero-order valence-corrected chi connectivity index (χ0v) is 13.6. The summed E-state index contributed by atoms with van der Waals surface area (Å²) in [5.41, 5.74) is 3.00. The van der Waals surface area contributed by atoms with E-state index in [1.54, 1.807) is 6.33 Å². The van der Waals surface area contributed by atoms with Crippen LogP contribution in [0.15, 0.2) is 36.7 Å². The Hall–Kier alpha value is -2.41. The number of carbonyl (C=O) groups excluding carboxylic acids is 1. The van der Waals surface area contributed by atoms with Gasteiger partial charge in [-0.2, -0.15) is 0 Å². The van der Waals surface area contributed by atoms with Gasteiger partial charge < -0.3 is 19.9 Å². The summed E-state index contributed by atoms with van der Waals surface area (Å²) in [5.74, 6) is -0.303. The van der Waals surface area contributed by atoms with Gasteiger partial charge in [-0.05, 0) is 17.8 Å². The first-order chi connectivity index (χ1) is 11.2. The Morgan fingerprint density at radius 2 is 2.26 bits per heavy atom. The molecule has 0 saturated carbocycles. The Labute approximate surface area is 139 Å². The van der Waals surface area contributed by atoms with Gasteiger partial charge >= 0.3 is 5.97 Å². The Balaban J connectivity index is 1.73. The van der Waals surface area contributed by atoms with Crippen LogP contribution in [0.4, 0.5) is 0 Å². The molecule has 3 rings (SSSR count). The Bertz CT molecular complexity index is 701. The van der Waals surface area contributed by atoms with E-state index in [-0.39, 0.29) is 5.97 Å². The van der Waals surface area contributed by atoms with Crippen molar-refractivity contribution >= 4 is 23.3 Å². The quantitative estimate of drug-likeness (QED) is 0.655. The summed E-state index contributed by atoms with van der Waals surface area (Å²) < 4.78 is 4.92. The number of carbonyl (C=O) groups is 1. The first-order valence-corrected chi connectivity index (χ1v) is 7.77. The summed E-state index contributed by atoms with van der Waals surface area (Å²) in [6.07, 6.45) is 2.13. The predicted octanol–water partition coefficient (Wildman–Crippen LogP) is 1.38. The van der Waals surface area contributed by atoms with E-state index in [9.17, 15) is 4.79 Å². The van der Waals surface area contributed by atoms with E-state index in [1.807, 2.05) is 35.2 Å². The molecule has 2 N–H and O–H groups in total. The summed E-state index contributed by atoms with van der Waals surface area (Å²) in [5, 5.41) is 3.75. The maximum atomic E-state index is 12.1. The molecule has 7 heteroatoms. The number of hydrogen-bond acceptors (Lipinski definition) is 4. The largest absolute Gasteiger partial charge is 0.467 e. The maximum Gasteiger partial charge on any atom is 0.328 e. The molecule has 0 spiro atoms. The first-order valence-electron chi connectivity index (χ1n) is 7.36. The molecule has 1 aliphatic rings. The van der Waals surface area contributed by atoms with Crippen molar-refractivity contribution in [1.29, 1.82) is 0 Å². The number of H-pyrrole nitrogens is 1. The van der Waals surface area contributed by atoms with E-state index in [2.05, 4.69) is 15.3 Å². The molecule has 2 heterocycles. The number of hydrogen-bond donors (Lipinski definition) is 2. The molecular formula is C16H18N4O2S. The zero-order chi connectivity index (χ0) is 16.2. The van der Waals surface area contributed by atoms with Crippen LogP contribution in [0.2, 0.25) is 0 Å². The van der Waals surface area contributed by atoms with Crippen LogP contribution in [0.25, 0.3) is 0 Å². The molecule has 0 amide bonds. The number of rotatable bonds is 3. The van der Waals surface area contributed by atoms with Crippen molar-refractivity contribution in [3.8, 4) is 0 Å². The van der Waals surface area contributed by atoms with Crippen molar-refractivity contribution in [1.82, 2.24) is 20.2 Å². The number of esters is 1. The number of imidazole rings is 1. The Morgan fingerprint density at radius 3 is 3.00 bits per heavy atom. The monoisotopic (exact) mass is 330 g/mol. The van der Waals surface area contributed by atoms with Gasteiger partial charge in [-0.25, -0.2) is 9.78 Å². The fraction of sp³-hybridized carbons (Fsp3) is 0.312. The maximum absolute atomic E-state index is 12.1. The summed E-state index contributed by atoms with van der Waals surface area (Å²) >= 11 is 5.49. The second kappa shape index (κ2) is 6.78. The van der Waals surface area contributed by atoms with Crippen molar-refractivity contribution in [3.05, 3.63) is 53.6 Å². The molecule has 0 fully saturated rings. The number of aromatic nitrogens is 2. The lowest BCUT2D eigenvalue weighted by Crippen LogP contribution is -2.52. The predicted molar refractivity (Wildman–Crippen MR) is 89.5 cm³/mol. The van der Waals surface area contributed by atoms with Crippen LogP contribution in [0, 0.1) is 0 Å². The highest BCUT2D eigenvalue weighted by Crippen LogP contribution is 2.21. The number of aromatic amines is 1. The summed E-state index contributed by atoms with van der Waals surface area (Å²) in [6.45, 7) is 1.12. The van der Waals surface area contributed by atoms with Crippen LogP contribution in [-0.4, -0.2) is 39.1 Å². The van der Waals surface area contributed by atoms with Crippen LogP contribution >= 0.6 is 12.2 Å². The molecule has 1 aromatic heterocycles. The van der Waals surface area contributed by atoms with Gasteiger partial charge in [0.15, 0.2) is 5.11 Å². The van der Waals surface area contributed by atoms with Gasteiger partial charge in [-0.1, -0.05) is 30.3 Å². The molecule has 6 nitrogen and oxygen atoms in total. The molecular weight excluding hydrogens is 312 g/mol. The summed E-state index contributed by atoms with van der Waals surface area (Å²) in [4.78, 5) is 21.3. The van der Waals surface area contributed by atoms with Crippen LogP contribution in [0.5, 0.6) is 0 Å². The third-order valence-corrected chi connectivity index (χ3v) is 4.30. The van der Waals surface area contributed by atoms with Gasteiger partial charge in [0.2, 0.25) is 0 Å². The first kappa shape index (κ1) is 15.5. The molecule has 1 unspecified atom stereocenters. The fourth-order valence-corrected chi connectivity index (χ4v) is 2.94. The Kier molecular flexibility index (Phi) is 4.57. The van der Waals surface area contributed by atoms with Crippen molar-refractivity contribution in [2.24, 2.45) is 0 Å². The molecule has 2 aromatic rings. The van der Waals surface area contributed by atoms with Crippen LogP contribution in [0.3, 0.4) is 0 Å². The third kappa shape index (κ3) is 3.34. The van der Waals surface area contributed by atoms with E-state index in [4.69, 9.17) is 17.0 Å². The molecule has 0 radical (unpaired) electrons.